The van der Waals surface area contributed by atoms with E-state index in [0.29, 0.717) is 0 Å². The highest BCUT2D eigenvalue weighted by Crippen LogP contribution is 2.14. The molecule has 1 heterocycles. The smallest absolute Gasteiger partial charge is 0.290 e. The molecule has 0 spiro atoms. The fourth-order valence-electron chi connectivity index (χ4n) is 1.09. The van der Waals surface area contributed by atoms with Crippen molar-refractivity contribution in [3.05, 3.63) is 12.4 Å². The highest BCUT2D eigenvalue weighted by atomic mass is 19.1. The summed E-state index contributed by atoms with van der Waals surface area (Å²) in [5, 5.41) is 6.89. The van der Waals surface area contributed by atoms with Crippen LogP contribution in [0.5, 0.6) is 0 Å². The number of alkyl halides is 1. The summed E-state index contributed by atoms with van der Waals surface area (Å²) in [7, 11) is 1.74. The minimum Gasteiger partial charge on any atom is -0.483 e. The Morgan fingerprint density at radius 3 is 2.50 bits per heavy atom. The number of hydrogen-bond acceptors (Lipinski definition) is 3. The van der Waals surface area contributed by atoms with Crippen LogP contribution in [0.3, 0.4) is 0 Å². The van der Waals surface area contributed by atoms with Crippen molar-refractivity contribution < 1.29 is 14.3 Å². The van der Waals surface area contributed by atoms with Gasteiger partial charge in [0.15, 0.2) is 0 Å². The Labute approximate surface area is 83.6 Å². The monoisotopic (exact) mass is 204 g/mol. The van der Waals surface area contributed by atoms with Gasteiger partial charge in [-0.3, -0.25) is 4.79 Å². The first-order valence-corrected chi connectivity index (χ1v) is 4.55. The molecular weight excluding hydrogens is 187 g/mol. The van der Waals surface area contributed by atoms with Crippen molar-refractivity contribution in [3.63, 3.8) is 0 Å². The Morgan fingerprint density at radius 2 is 2.14 bits per heavy atom. The molecule has 82 valence electrons. The molecule has 5 heteroatoms. The topological polar surface area (TPSA) is 43.8 Å². The Hall–Kier alpha value is -1.26. The zero-order valence-electron chi connectivity index (χ0n) is 8.56. The van der Waals surface area contributed by atoms with Gasteiger partial charge in [0.2, 0.25) is 6.42 Å². The van der Waals surface area contributed by atoms with Gasteiger partial charge in [-0.2, -0.15) is 4.39 Å². The number of halogens is 1. The molecule has 1 N–H and O–H groups in total. The molecule has 0 aromatic rings. The van der Waals surface area contributed by atoms with E-state index in [0.717, 1.165) is 19.4 Å². The predicted molar refractivity (Wildman–Crippen MR) is 52.1 cm³/mol. The van der Waals surface area contributed by atoms with Gasteiger partial charge in [0.1, 0.15) is 0 Å². The molecule has 1 rings (SSSR count). The minimum atomic E-state index is -0.943. The predicted octanol–water partition coefficient (Wildman–Crippen LogP) is 1.46. The molecule has 0 fully saturated rings. The van der Waals surface area contributed by atoms with Gasteiger partial charge in [-0.25, -0.2) is 0 Å². The molecule has 14 heavy (non-hydrogen) atoms. The minimum absolute atomic E-state index is 0.250. The van der Waals surface area contributed by atoms with Gasteiger partial charge in [-0.1, -0.05) is 13.3 Å². The van der Waals surface area contributed by atoms with Gasteiger partial charge in [0.05, 0.1) is 0 Å². The number of rotatable bonds is 3. The van der Waals surface area contributed by atoms with Crippen LogP contribution in [0, 0.1) is 0 Å². The van der Waals surface area contributed by atoms with Crippen molar-refractivity contribution in [3.8, 4) is 0 Å². The van der Waals surface area contributed by atoms with E-state index in [1.807, 2.05) is 0 Å². The van der Waals surface area contributed by atoms with Crippen LogP contribution in [0.1, 0.15) is 19.8 Å². The largest absolute Gasteiger partial charge is 0.483 e. The molecule has 0 saturated heterocycles. The molecule has 0 aliphatic carbocycles. The SMILES string of the molecule is CCCCN1C=CN(C)C1F.O=CO. The van der Waals surface area contributed by atoms with Crippen molar-refractivity contribution in [2.75, 3.05) is 13.6 Å². The van der Waals surface area contributed by atoms with E-state index in [4.69, 9.17) is 9.90 Å². The van der Waals surface area contributed by atoms with Crippen LogP contribution >= 0.6 is 0 Å². The summed E-state index contributed by atoms with van der Waals surface area (Å²) in [4.78, 5) is 11.6. The maximum atomic E-state index is 13.1. The lowest BCUT2D eigenvalue weighted by atomic mass is 10.3. The first kappa shape index (κ1) is 12.7. The molecule has 1 aliphatic heterocycles. The van der Waals surface area contributed by atoms with Crippen LogP contribution in [0.2, 0.25) is 0 Å². The normalized spacial score (nSPS) is 19.2. The summed E-state index contributed by atoms with van der Waals surface area (Å²) in [5.74, 6) is 0. The van der Waals surface area contributed by atoms with Crippen LogP contribution in [0.15, 0.2) is 12.4 Å². The van der Waals surface area contributed by atoms with Crippen LogP contribution in [0.25, 0.3) is 0 Å². The first-order valence-electron chi connectivity index (χ1n) is 4.55. The second-order valence-electron chi connectivity index (χ2n) is 2.97. The van der Waals surface area contributed by atoms with Crippen LogP contribution in [-0.4, -0.2) is 41.4 Å². The molecule has 1 aliphatic rings. The average molecular weight is 204 g/mol. The van der Waals surface area contributed by atoms with Crippen LogP contribution in [-0.2, 0) is 4.79 Å². The van der Waals surface area contributed by atoms with Crippen molar-refractivity contribution in [2.24, 2.45) is 0 Å². The van der Waals surface area contributed by atoms with E-state index in [1.54, 1.807) is 29.2 Å². The highest BCUT2D eigenvalue weighted by Gasteiger charge is 2.20. The van der Waals surface area contributed by atoms with Gasteiger partial charge in [-0.15, -0.1) is 0 Å². The third-order valence-corrected chi connectivity index (χ3v) is 1.87. The van der Waals surface area contributed by atoms with Gasteiger partial charge < -0.3 is 14.9 Å². The summed E-state index contributed by atoms with van der Waals surface area (Å²) < 4.78 is 13.1. The zero-order chi connectivity index (χ0) is 11.0. The molecule has 0 radical (unpaired) electrons. The Balaban J connectivity index is 0.000000500. The van der Waals surface area contributed by atoms with Gasteiger partial charge in [0.25, 0.3) is 6.47 Å². The summed E-state index contributed by atoms with van der Waals surface area (Å²) in [5.41, 5.74) is 0. The Bertz CT molecular complexity index is 188. The van der Waals surface area contributed by atoms with E-state index in [2.05, 4.69) is 6.92 Å². The third-order valence-electron chi connectivity index (χ3n) is 1.87. The second-order valence-corrected chi connectivity index (χ2v) is 2.97. The summed E-state index contributed by atoms with van der Waals surface area (Å²) >= 11 is 0. The summed E-state index contributed by atoms with van der Waals surface area (Å²) in [6.07, 6.45) is 4.79. The van der Waals surface area contributed by atoms with Crippen molar-refractivity contribution in [2.45, 2.75) is 26.2 Å². The first-order chi connectivity index (χ1) is 6.67. The average Bonchev–Trinajstić information content (AvgIpc) is 2.47. The molecule has 1 atom stereocenters. The lowest BCUT2D eigenvalue weighted by Crippen LogP contribution is -2.32. The van der Waals surface area contributed by atoms with Gasteiger partial charge in [0, 0.05) is 26.0 Å². The molecule has 0 bridgehead atoms. The van der Waals surface area contributed by atoms with Gasteiger partial charge in [-0.05, 0) is 6.42 Å². The molecule has 4 nitrogen and oxygen atoms in total. The van der Waals surface area contributed by atoms with Crippen molar-refractivity contribution >= 4 is 6.47 Å². The number of hydrogen-bond donors (Lipinski definition) is 1. The quantitative estimate of drug-likeness (QED) is 0.558. The fraction of sp³-hybridized carbons (Fsp3) is 0.667. The molecule has 0 aromatic carbocycles. The maximum absolute atomic E-state index is 13.1. The van der Waals surface area contributed by atoms with Crippen molar-refractivity contribution in [1.82, 2.24) is 9.80 Å². The standard InChI is InChI=1S/C8H15FN2.CH2O2/c1-3-4-5-11-7-6-10(2)8(11)9;2-1-3/h6-8H,3-5H2,1-2H3;1H,(H,2,3). The number of carboxylic acid groups (broad SMARTS) is 1. The lowest BCUT2D eigenvalue weighted by Gasteiger charge is -2.22. The van der Waals surface area contributed by atoms with E-state index >= 15 is 0 Å². The summed E-state index contributed by atoms with van der Waals surface area (Å²) in [6, 6.07) is 0. The Morgan fingerprint density at radius 1 is 1.57 bits per heavy atom. The van der Waals surface area contributed by atoms with E-state index in [1.165, 1.54) is 0 Å². The lowest BCUT2D eigenvalue weighted by molar-refractivity contribution is -0.122. The number of carbonyl (C=O) groups is 1. The molecule has 1 unspecified atom stereocenters. The van der Waals surface area contributed by atoms with Gasteiger partial charge >= 0.3 is 0 Å². The Kier molecular flexibility index (Phi) is 6.53. The molecule has 0 amide bonds. The van der Waals surface area contributed by atoms with E-state index in [9.17, 15) is 4.39 Å². The maximum Gasteiger partial charge on any atom is 0.290 e. The van der Waals surface area contributed by atoms with Crippen LogP contribution < -0.4 is 0 Å². The van der Waals surface area contributed by atoms with E-state index in [-0.39, 0.29) is 6.47 Å². The zero-order valence-corrected chi connectivity index (χ0v) is 8.56. The van der Waals surface area contributed by atoms with Crippen molar-refractivity contribution in [1.29, 1.82) is 0 Å². The molecule has 0 aromatic heterocycles. The number of unbranched alkanes of at least 4 members (excludes halogenated alkanes) is 1. The summed E-state index contributed by atoms with van der Waals surface area (Å²) in [6.45, 7) is 2.68. The van der Waals surface area contributed by atoms with E-state index < -0.39 is 6.42 Å². The molecular formula is C9H17FN2O2. The van der Waals surface area contributed by atoms with Crippen LogP contribution in [0.4, 0.5) is 4.39 Å². The molecule has 0 saturated carbocycles. The fourth-order valence-corrected chi connectivity index (χ4v) is 1.09. The third kappa shape index (κ3) is 4.11. The number of nitrogens with zero attached hydrogens (tertiary/aromatic N) is 2. The second kappa shape index (κ2) is 7.17. The highest BCUT2D eigenvalue weighted by molar-refractivity contribution is 5.32.